The summed E-state index contributed by atoms with van der Waals surface area (Å²) in [5.41, 5.74) is 2.66. The molecule has 0 aromatic carbocycles. The van der Waals surface area contributed by atoms with E-state index >= 15 is 9.59 Å². The average Bonchev–Trinajstić information content (AvgIpc) is 3.92. The third kappa shape index (κ3) is 12.9. The minimum Gasteiger partial charge on any atom is -0.304 e. The molecule has 0 radical (unpaired) electrons. The van der Waals surface area contributed by atoms with Gasteiger partial charge in [-0.05, 0) is 51.4 Å². The molecule has 0 spiro atoms. The van der Waals surface area contributed by atoms with Crippen LogP contribution in [0.2, 0.25) is 0 Å². The molecule has 2 atom stereocenters. The Hall–Kier alpha value is -2.32. The first-order valence-electron chi connectivity index (χ1n) is 22.3. The molecule has 2 aromatic rings. The molecule has 0 N–H and O–H groups in total. The average molecular weight is 779 g/mol. The van der Waals surface area contributed by atoms with Crippen LogP contribution in [-0.2, 0) is 9.59 Å². The second-order valence-electron chi connectivity index (χ2n) is 16.4. The van der Waals surface area contributed by atoms with Crippen molar-refractivity contribution in [2.75, 3.05) is 13.1 Å². The van der Waals surface area contributed by atoms with E-state index in [-0.39, 0.29) is 11.8 Å². The number of amides is 2. The lowest BCUT2D eigenvalue weighted by Gasteiger charge is -2.29. The molecule has 4 heterocycles. The van der Waals surface area contributed by atoms with Crippen LogP contribution in [-0.4, -0.2) is 44.7 Å². The van der Waals surface area contributed by atoms with Gasteiger partial charge in [-0.3, -0.25) is 9.59 Å². The third-order valence-corrected chi connectivity index (χ3v) is 13.4. The van der Waals surface area contributed by atoms with Gasteiger partial charge in [-0.1, -0.05) is 156 Å². The number of rotatable bonds is 30. The molecule has 0 saturated heterocycles. The maximum atomic E-state index is 15.0. The van der Waals surface area contributed by atoms with Crippen LogP contribution >= 0.6 is 22.7 Å². The fourth-order valence-corrected chi connectivity index (χ4v) is 10.1. The van der Waals surface area contributed by atoms with Gasteiger partial charge in [-0.15, -0.1) is 22.7 Å². The van der Waals surface area contributed by atoms with E-state index in [0.717, 1.165) is 56.8 Å². The first-order valence-corrected chi connectivity index (χ1v) is 24.0. The molecule has 2 aromatic heterocycles. The lowest BCUT2D eigenvalue weighted by Crippen LogP contribution is -2.35. The standard InChI is InChI=1S/C46H74N4O2S2/c1-7-11-15-19-21-25-29-37(27-23-17-13-9-3)33-49-41(43-47-31-35(5)53-43)39-40(45(49)51)42(44-48-32-36(6)54-44)50(46(39)52)34-38(28-24-18-14-10-4)30-26-22-20-16-12-8-2/h31-32,37-38H,7-30,33-34H2,1-6H3. The van der Waals surface area contributed by atoms with Crippen LogP contribution in [0.15, 0.2) is 23.5 Å². The third-order valence-electron chi connectivity index (χ3n) is 11.6. The Morgan fingerprint density at radius 2 is 0.778 bits per heavy atom. The Bertz CT molecular complexity index is 1380. The second-order valence-corrected chi connectivity index (χ2v) is 18.8. The maximum absolute atomic E-state index is 15.0. The van der Waals surface area contributed by atoms with Gasteiger partial charge in [-0.2, -0.15) is 0 Å². The summed E-state index contributed by atoms with van der Waals surface area (Å²) in [5.74, 6) is 0.747. The minimum atomic E-state index is -0.0246. The highest BCUT2D eigenvalue weighted by Crippen LogP contribution is 2.48. The minimum absolute atomic E-state index is 0.0246. The van der Waals surface area contributed by atoms with E-state index in [4.69, 9.17) is 9.97 Å². The van der Waals surface area contributed by atoms with Crippen molar-refractivity contribution in [3.63, 3.8) is 0 Å². The van der Waals surface area contributed by atoms with E-state index in [9.17, 15) is 0 Å². The molecule has 0 aliphatic carbocycles. The van der Waals surface area contributed by atoms with Crippen molar-refractivity contribution in [2.24, 2.45) is 11.8 Å². The topological polar surface area (TPSA) is 66.4 Å². The van der Waals surface area contributed by atoms with Crippen molar-refractivity contribution < 1.29 is 9.59 Å². The molecule has 6 nitrogen and oxygen atoms in total. The normalized spacial score (nSPS) is 15.7. The Labute approximate surface area is 337 Å². The van der Waals surface area contributed by atoms with Gasteiger partial charge < -0.3 is 9.80 Å². The maximum Gasteiger partial charge on any atom is 0.261 e. The fraction of sp³-hybridized carbons (Fsp3) is 0.739. The van der Waals surface area contributed by atoms with Gasteiger partial charge in [0.2, 0.25) is 0 Å². The van der Waals surface area contributed by atoms with Crippen LogP contribution < -0.4 is 0 Å². The summed E-state index contributed by atoms with van der Waals surface area (Å²) in [5, 5.41) is 1.59. The summed E-state index contributed by atoms with van der Waals surface area (Å²) in [7, 11) is 0. The van der Waals surface area contributed by atoms with Gasteiger partial charge in [0.25, 0.3) is 11.8 Å². The summed E-state index contributed by atoms with van der Waals surface area (Å²) >= 11 is 3.21. The van der Waals surface area contributed by atoms with Gasteiger partial charge >= 0.3 is 0 Å². The molecule has 2 amide bonds. The highest BCUT2D eigenvalue weighted by molar-refractivity contribution is 7.13. The smallest absolute Gasteiger partial charge is 0.261 e. The summed E-state index contributed by atoms with van der Waals surface area (Å²) in [6.07, 6.45) is 33.3. The van der Waals surface area contributed by atoms with E-state index in [1.165, 1.54) is 128 Å². The van der Waals surface area contributed by atoms with Crippen LogP contribution in [0.4, 0.5) is 0 Å². The van der Waals surface area contributed by atoms with Crippen molar-refractivity contribution in [3.8, 4) is 0 Å². The van der Waals surface area contributed by atoms with Crippen molar-refractivity contribution in [3.05, 3.63) is 43.3 Å². The van der Waals surface area contributed by atoms with E-state index in [0.29, 0.717) is 36.1 Å². The first-order chi connectivity index (χ1) is 26.3. The quantitative estimate of drug-likeness (QED) is 0.0741. The van der Waals surface area contributed by atoms with E-state index < -0.39 is 0 Å². The van der Waals surface area contributed by atoms with Crippen molar-refractivity contribution in [2.45, 2.75) is 196 Å². The lowest BCUT2D eigenvalue weighted by molar-refractivity contribution is -0.124. The Morgan fingerprint density at radius 1 is 0.481 bits per heavy atom. The van der Waals surface area contributed by atoms with Crippen LogP contribution in [0.1, 0.15) is 202 Å². The summed E-state index contributed by atoms with van der Waals surface area (Å²) in [6, 6.07) is 0. The summed E-state index contributed by atoms with van der Waals surface area (Å²) in [6.45, 7) is 14.5. The summed E-state index contributed by atoms with van der Waals surface area (Å²) in [4.78, 5) is 46.0. The molecule has 2 aliphatic rings. The zero-order valence-corrected chi connectivity index (χ0v) is 36.7. The predicted molar refractivity (Wildman–Crippen MR) is 231 cm³/mol. The molecule has 0 saturated carbocycles. The first kappa shape index (κ1) is 44.4. The van der Waals surface area contributed by atoms with Crippen molar-refractivity contribution >= 4 is 45.9 Å². The fourth-order valence-electron chi connectivity index (χ4n) is 8.43. The number of aryl methyl sites for hydroxylation is 2. The number of hydrogen-bond acceptors (Lipinski definition) is 6. The number of fused-ring (bicyclic) bond motifs is 1. The molecule has 54 heavy (non-hydrogen) atoms. The van der Waals surface area contributed by atoms with Crippen LogP contribution in [0.3, 0.4) is 0 Å². The monoisotopic (exact) mass is 779 g/mol. The van der Waals surface area contributed by atoms with E-state index in [1.54, 1.807) is 22.7 Å². The lowest BCUT2D eigenvalue weighted by atomic mass is 9.93. The number of thiazole rings is 2. The number of carbonyl (C=O) groups is 2. The zero-order chi connectivity index (χ0) is 38.7. The van der Waals surface area contributed by atoms with Crippen LogP contribution in [0.5, 0.6) is 0 Å². The number of carbonyl (C=O) groups excluding carboxylic acids is 2. The summed E-state index contributed by atoms with van der Waals surface area (Å²) < 4.78 is 0. The molecule has 4 rings (SSSR count). The zero-order valence-electron chi connectivity index (χ0n) is 35.1. The van der Waals surface area contributed by atoms with Gasteiger partial charge in [0.15, 0.2) is 0 Å². The highest BCUT2D eigenvalue weighted by atomic mass is 32.1. The van der Waals surface area contributed by atoms with Crippen molar-refractivity contribution in [1.82, 2.24) is 19.8 Å². The van der Waals surface area contributed by atoms with Crippen LogP contribution in [0, 0.1) is 25.7 Å². The SMILES string of the molecule is CCCCCCCCC(CCCCCC)CN1C(=O)C2=C(c3ncc(C)s3)N(CC(CCCCCC)CCCCCCCC)C(=O)C2=C1c1ncc(C)s1. The Morgan fingerprint density at radius 3 is 1.07 bits per heavy atom. The molecule has 8 heteroatoms. The van der Waals surface area contributed by atoms with Crippen molar-refractivity contribution in [1.29, 1.82) is 0 Å². The molecular weight excluding hydrogens is 705 g/mol. The predicted octanol–water partition coefficient (Wildman–Crippen LogP) is 13.7. The molecular formula is C46H74N4O2S2. The second kappa shape index (κ2) is 24.3. The van der Waals surface area contributed by atoms with E-state index in [1.807, 2.05) is 22.2 Å². The van der Waals surface area contributed by atoms with Crippen LogP contribution in [0.25, 0.3) is 11.4 Å². The number of aromatic nitrogens is 2. The number of nitrogens with zero attached hydrogens (tertiary/aromatic N) is 4. The molecule has 302 valence electrons. The van der Waals surface area contributed by atoms with E-state index in [2.05, 4.69) is 41.5 Å². The number of hydrogen-bond donors (Lipinski definition) is 0. The molecule has 0 bridgehead atoms. The highest BCUT2D eigenvalue weighted by Gasteiger charge is 2.50. The molecule has 2 aliphatic heterocycles. The number of unbranched alkanes of at least 4 members (excludes halogenated alkanes) is 16. The van der Waals surface area contributed by atoms with Gasteiger partial charge in [0.1, 0.15) is 10.0 Å². The molecule has 2 unspecified atom stereocenters. The van der Waals surface area contributed by atoms with Gasteiger partial charge in [0.05, 0.1) is 22.5 Å². The Balaban J connectivity index is 1.69. The van der Waals surface area contributed by atoms with Gasteiger partial charge in [-0.25, -0.2) is 9.97 Å². The molecule has 0 fully saturated rings. The Kier molecular flexibility index (Phi) is 20.0. The van der Waals surface area contributed by atoms with Gasteiger partial charge in [0, 0.05) is 35.2 Å². The largest absolute Gasteiger partial charge is 0.304 e.